The molecule has 1 aliphatic rings. The third kappa shape index (κ3) is 2.33. The molecule has 0 spiro atoms. The van der Waals surface area contributed by atoms with Gasteiger partial charge in [0.2, 0.25) is 0 Å². The molecule has 0 saturated heterocycles. The van der Waals surface area contributed by atoms with E-state index in [-0.39, 0.29) is 0 Å². The standard InChI is InChI=1S/C10H18O/c1-2-9-5-3-4-6-10(9)7-8-11/h5,10-11H,2-4,6-8H2,1H3. The number of hydrogen-bond acceptors (Lipinski definition) is 1. The molecule has 0 aromatic rings. The molecule has 1 heteroatoms. The SMILES string of the molecule is CCC1=CCCCC1CCO. The number of aliphatic hydroxyl groups is 1. The summed E-state index contributed by atoms with van der Waals surface area (Å²) < 4.78 is 0. The second-order valence-electron chi connectivity index (χ2n) is 3.27. The van der Waals surface area contributed by atoms with Crippen LogP contribution in [0.4, 0.5) is 0 Å². The smallest absolute Gasteiger partial charge is 0.0436 e. The maximum absolute atomic E-state index is 8.80. The van der Waals surface area contributed by atoms with E-state index in [1.165, 1.54) is 25.7 Å². The molecule has 0 saturated carbocycles. The second-order valence-corrected chi connectivity index (χ2v) is 3.27. The van der Waals surface area contributed by atoms with Crippen LogP contribution in [0.5, 0.6) is 0 Å². The predicted octanol–water partition coefficient (Wildman–Crippen LogP) is 2.51. The number of rotatable bonds is 3. The molecule has 1 rings (SSSR count). The van der Waals surface area contributed by atoms with E-state index in [0.717, 1.165) is 6.42 Å². The third-order valence-electron chi connectivity index (χ3n) is 2.57. The van der Waals surface area contributed by atoms with Crippen molar-refractivity contribution in [3.05, 3.63) is 11.6 Å². The molecule has 0 heterocycles. The van der Waals surface area contributed by atoms with Crippen LogP contribution in [0.3, 0.4) is 0 Å². The average molecular weight is 154 g/mol. The molecule has 0 radical (unpaired) electrons. The Bertz CT molecular complexity index is 138. The molecular weight excluding hydrogens is 136 g/mol. The molecule has 1 N–H and O–H groups in total. The van der Waals surface area contributed by atoms with E-state index in [1.807, 2.05) is 0 Å². The van der Waals surface area contributed by atoms with E-state index in [9.17, 15) is 0 Å². The Kier molecular flexibility index (Phi) is 3.64. The molecule has 11 heavy (non-hydrogen) atoms. The minimum absolute atomic E-state index is 0.349. The van der Waals surface area contributed by atoms with Crippen LogP contribution in [0.25, 0.3) is 0 Å². The van der Waals surface area contributed by atoms with Crippen molar-refractivity contribution in [1.82, 2.24) is 0 Å². The lowest BCUT2D eigenvalue weighted by Crippen LogP contribution is -2.09. The fourth-order valence-electron chi connectivity index (χ4n) is 1.92. The second kappa shape index (κ2) is 4.55. The third-order valence-corrected chi connectivity index (χ3v) is 2.57. The minimum atomic E-state index is 0.349. The summed E-state index contributed by atoms with van der Waals surface area (Å²) in [6.45, 7) is 2.56. The highest BCUT2D eigenvalue weighted by Crippen LogP contribution is 2.28. The lowest BCUT2D eigenvalue weighted by molar-refractivity contribution is 0.258. The van der Waals surface area contributed by atoms with Crippen LogP contribution >= 0.6 is 0 Å². The van der Waals surface area contributed by atoms with Crippen molar-refractivity contribution in [3.8, 4) is 0 Å². The lowest BCUT2D eigenvalue weighted by Gasteiger charge is -2.22. The molecule has 0 aromatic heterocycles. The molecule has 1 nitrogen and oxygen atoms in total. The Morgan fingerprint density at radius 2 is 2.45 bits per heavy atom. The van der Waals surface area contributed by atoms with Crippen molar-refractivity contribution in [2.24, 2.45) is 5.92 Å². The molecule has 0 bridgehead atoms. The Balaban J connectivity index is 2.47. The van der Waals surface area contributed by atoms with Gasteiger partial charge < -0.3 is 5.11 Å². The summed E-state index contributed by atoms with van der Waals surface area (Å²) in [6, 6.07) is 0. The highest BCUT2D eigenvalue weighted by molar-refractivity contribution is 5.09. The average Bonchev–Trinajstić information content (AvgIpc) is 2.06. The predicted molar refractivity (Wildman–Crippen MR) is 47.4 cm³/mol. The number of allylic oxidation sites excluding steroid dienone is 2. The first-order valence-electron chi connectivity index (χ1n) is 4.68. The highest BCUT2D eigenvalue weighted by Gasteiger charge is 2.14. The Labute approximate surface area is 69.1 Å². The molecule has 0 aromatic carbocycles. The van der Waals surface area contributed by atoms with Crippen molar-refractivity contribution in [1.29, 1.82) is 0 Å². The van der Waals surface area contributed by atoms with E-state index in [2.05, 4.69) is 13.0 Å². The first-order chi connectivity index (χ1) is 5.38. The number of hydrogen-bond donors (Lipinski definition) is 1. The zero-order chi connectivity index (χ0) is 8.10. The fourth-order valence-corrected chi connectivity index (χ4v) is 1.92. The zero-order valence-corrected chi connectivity index (χ0v) is 7.34. The van der Waals surface area contributed by atoms with Gasteiger partial charge in [0, 0.05) is 6.61 Å². The molecule has 64 valence electrons. The molecule has 0 aliphatic heterocycles. The van der Waals surface area contributed by atoms with Crippen LogP contribution in [0.1, 0.15) is 39.0 Å². The van der Waals surface area contributed by atoms with Crippen LogP contribution in [-0.2, 0) is 0 Å². The van der Waals surface area contributed by atoms with Crippen LogP contribution < -0.4 is 0 Å². The van der Waals surface area contributed by atoms with Gasteiger partial charge in [0.05, 0.1) is 0 Å². The van der Waals surface area contributed by atoms with E-state index in [0.29, 0.717) is 12.5 Å². The van der Waals surface area contributed by atoms with Gasteiger partial charge in [0.1, 0.15) is 0 Å². The summed E-state index contributed by atoms with van der Waals surface area (Å²) in [6.07, 6.45) is 8.37. The summed E-state index contributed by atoms with van der Waals surface area (Å²) in [4.78, 5) is 0. The molecule has 1 unspecified atom stereocenters. The van der Waals surface area contributed by atoms with Crippen molar-refractivity contribution >= 4 is 0 Å². The van der Waals surface area contributed by atoms with E-state index in [4.69, 9.17) is 5.11 Å². The van der Waals surface area contributed by atoms with Crippen molar-refractivity contribution < 1.29 is 5.11 Å². The van der Waals surface area contributed by atoms with Gasteiger partial charge in [-0.05, 0) is 38.0 Å². The van der Waals surface area contributed by atoms with Crippen molar-refractivity contribution in [2.75, 3.05) is 6.61 Å². The Morgan fingerprint density at radius 1 is 1.64 bits per heavy atom. The van der Waals surface area contributed by atoms with Crippen LogP contribution in [0.15, 0.2) is 11.6 Å². The van der Waals surface area contributed by atoms with E-state index < -0.39 is 0 Å². The van der Waals surface area contributed by atoms with E-state index >= 15 is 0 Å². The number of aliphatic hydroxyl groups excluding tert-OH is 1. The Hall–Kier alpha value is -0.300. The Morgan fingerprint density at radius 3 is 3.09 bits per heavy atom. The molecule has 1 aliphatic carbocycles. The van der Waals surface area contributed by atoms with Gasteiger partial charge in [-0.2, -0.15) is 0 Å². The minimum Gasteiger partial charge on any atom is -0.396 e. The molecule has 0 amide bonds. The van der Waals surface area contributed by atoms with Gasteiger partial charge in [-0.3, -0.25) is 0 Å². The van der Waals surface area contributed by atoms with Crippen molar-refractivity contribution in [2.45, 2.75) is 39.0 Å². The summed E-state index contributed by atoms with van der Waals surface area (Å²) in [5, 5.41) is 8.80. The summed E-state index contributed by atoms with van der Waals surface area (Å²) in [7, 11) is 0. The fraction of sp³-hybridized carbons (Fsp3) is 0.800. The largest absolute Gasteiger partial charge is 0.396 e. The van der Waals surface area contributed by atoms with Gasteiger partial charge in [-0.1, -0.05) is 18.6 Å². The van der Waals surface area contributed by atoms with Crippen LogP contribution in [0, 0.1) is 5.92 Å². The molecule has 0 fully saturated rings. The van der Waals surface area contributed by atoms with Crippen LogP contribution in [-0.4, -0.2) is 11.7 Å². The van der Waals surface area contributed by atoms with Gasteiger partial charge in [-0.15, -0.1) is 0 Å². The van der Waals surface area contributed by atoms with Gasteiger partial charge in [-0.25, -0.2) is 0 Å². The summed E-state index contributed by atoms with van der Waals surface area (Å²) >= 11 is 0. The van der Waals surface area contributed by atoms with Gasteiger partial charge >= 0.3 is 0 Å². The quantitative estimate of drug-likeness (QED) is 0.619. The maximum Gasteiger partial charge on any atom is 0.0436 e. The monoisotopic (exact) mass is 154 g/mol. The first-order valence-corrected chi connectivity index (χ1v) is 4.68. The summed E-state index contributed by atoms with van der Waals surface area (Å²) in [5.74, 6) is 0.693. The lowest BCUT2D eigenvalue weighted by atomic mass is 9.84. The molecule has 1 atom stereocenters. The van der Waals surface area contributed by atoms with E-state index in [1.54, 1.807) is 5.57 Å². The molecular formula is C10H18O. The zero-order valence-electron chi connectivity index (χ0n) is 7.34. The maximum atomic E-state index is 8.80. The first kappa shape index (κ1) is 8.79. The highest BCUT2D eigenvalue weighted by atomic mass is 16.3. The summed E-state index contributed by atoms with van der Waals surface area (Å²) in [5.41, 5.74) is 1.57. The normalized spacial score (nSPS) is 24.9. The van der Waals surface area contributed by atoms with Gasteiger partial charge in [0.25, 0.3) is 0 Å². The topological polar surface area (TPSA) is 20.2 Å². The van der Waals surface area contributed by atoms with Crippen LogP contribution in [0.2, 0.25) is 0 Å². The van der Waals surface area contributed by atoms with Gasteiger partial charge in [0.15, 0.2) is 0 Å². The van der Waals surface area contributed by atoms with Crippen molar-refractivity contribution in [3.63, 3.8) is 0 Å².